The number of hydrogen-bond donors (Lipinski definition) is 0. The van der Waals surface area contributed by atoms with Crippen LogP contribution in [0.1, 0.15) is 35.5 Å². The normalized spacial score (nSPS) is 11.2. The summed E-state index contributed by atoms with van der Waals surface area (Å²) in [7, 11) is 0. The van der Waals surface area contributed by atoms with Crippen LogP contribution in [0.5, 0.6) is 5.75 Å². The van der Waals surface area contributed by atoms with Gasteiger partial charge in [-0.2, -0.15) is 0 Å². The Bertz CT molecular complexity index is 960. The highest BCUT2D eigenvalue weighted by Gasteiger charge is 2.21. The number of hydrogen-bond acceptors (Lipinski definition) is 4. The Morgan fingerprint density at radius 1 is 1.12 bits per heavy atom. The molecule has 0 fully saturated rings. The first kappa shape index (κ1) is 18.6. The van der Waals surface area contributed by atoms with Crippen molar-refractivity contribution < 1.29 is 18.7 Å². The lowest BCUT2D eigenvalue weighted by Crippen LogP contribution is -2.12. The zero-order chi connectivity index (χ0) is 18.8. The molecule has 0 radical (unpaired) electrons. The van der Waals surface area contributed by atoms with Gasteiger partial charge in [0.25, 0.3) is 0 Å². The van der Waals surface area contributed by atoms with Gasteiger partial charge in [-0.05, 0) is 56.7 Å². The molecule has 0 saturated carbocycles. The SMILES string of the molecule is Cc1oc2ccc(OCc3ccc(Cl)c(Cl)c3)cc2c1C(=O)OC(C)C. The molecule has 0 N–H and O–H groups in total. The number of carbonyl (C=O) groups is 1. The van der Waals surface area contributed by atoms with Crippen LogP contribution >= 0.6 is 23.2 Å². The van der Waals surface area contributed by atoms with E-state index in [0.717, 1.165) is 5.56 Å². The van der Waals surface area contributed by atoms with E-state index in [-0.39, 0.29) is 6.10 Å². The van der Waals surface area contributed by atoms with Gasteiger partial charge in [-0.1, -0.05) is 29.3 Å². The van der Waals surface area contributed by atoms with E-state index in [1.54, 1.807) is 51.1 Å². The molecule has 0 saturated heterocycles. The van der Waals surface area contributed by atoms with Gasteiger partial charge in [0, 0.05) is 5.39 Å². The average molecular weight is 393 g/mol. The molecule has 1 heterocycles. The Morgan fingerprint density at radius 2 is 1.88 bits per heavy atom. The Kier molecular flexibility index (Phi) is 5.44. The molecule has 26 heavy (non-hydrogen) atoms. The lowest BCUT2D eigenvalue weighted by atomic mass is 10.1. The largest absolute Gasteiger partial charge is 0.489 e. The van der Waals surface area contributed by atoms with Crippen LogP contribution in [-0.2, 0) is 11.3 Å². The molecule has 136 valence electrons. The standard InChI is InChI=1S/C20H18Cl2O4/c1-11(2)25-20(23)19-12(3)26-18-7-5-14(9-15(18)19)24-10-13-4-6-16(21)17(22)8-13/h4-9,11H,10H2,1-3H3. The molecule has 0 amide bonds. The van der Waals surface area contributed by atoms with Crippen molar-refractivity contribution in [2.24, 2.45) is 0 Å². The first-order valence-electron chi connectivity index (χ1n) is 8.16. The molecule has 6 heteroatoms. The number of rotatable bonds is 5. The quantitative estimate of drug-likeness (QED) is 0.485. The number of fused-ring (bicyclic) bond motifs is 1. The monoisotopic (exact) mass is 392 g/mol. The van der Waals surface area contributed by atoms with E-state index in [2.05, 4.69) is 0 Å². The maximum Gasteiger partial charge on any atom is 0.342 e. The summed E-state index contributed by atoms with van der Waals surface area (Å²) in [5.74, 6) is 0.730. The smallest absolute Gasteiger partial charge is 0.342 e. The molecule has 0 aliphatic carbocycles. The Labute approximate surface area is 161 Å². The fourth-order valence-electron chi connectivity index (χ4n) is 2.61. The van der Waals surface area contributed by atoms with E-state index in [1.807, 2.05) is 6.07 Å². The minimum atomic E-state index is -0.405. The first-order chi connectivity index (χ1) is 12.3. The van der Waals surface area contributed by atoms with Gasteiger partial charge in [0.05, 0.1) is 16.1 Å². The second-order valence-electron chi connectivity index (χ2n) is 6.18. The summed E-state index contributed by atoms with van der Waals surface area (Å²) in [4.78, 5) is 12.4. The summed E-state index contributed by atoms with van der Waals surface area (Å²) < 4.78 is 16.8. The van der Waals surface area contributed by atoms with Crippen molar-refractivity contribution in [3.05, 3.63) is 63.3 Å². The topological polar surface area (TPSA) is 48.7 Å². The Morgan fingerprint density at radius 3 is 2.58 bits per heavy atom. The van der Waals surface area contributed by atoms with Crippen molar-refractivity contribution in [1.29, 1.82) is 0 Å². The van der Waals surface area contributed by atoms with Gasteiger partial charge in [-0.3, -0.25) is 0 Å². The number of carbonyl (C=O) groups excluding carboxylic acids is 1. The molecule has 0 aliphatic heterocycles. The fourth-order valence-corrected chi connectivity index (χ4v) is 2.93. The van der Waals surface area contributed by atoms with Gasteiger partial charge in [0.15, 0.2) is 0 Å². The van der Waals surface area contributed by atoms with Crippen LogP contribution in [-0.4, -0.2) is 12.1 Å². The molecule has 3 aromatic rings. The molecule has 1 aromatic heterocycles. The zero-order valence-corrected chi connectivity index (χ0v) is 16.1. The van der Waals surface area contributed by atoms with Gasteiger partial charge >= 0.3 is 5.97 Å². The van der Waals surface area contributed by atoms with Crippen LogP contribution in [0.4, 0.5) is 0 Å². The lowest BCUT2D eigenvalue weighted by molar-refractivity contribution is 0.0378. The van der Waals surface area contributed by atoms with Crippen molar-refractivity contribution in [2.45, 2.75) is 33.5 Å². The second kappa shape index (κ2) is 7.60. The zero-order valence-electron chi connectivity index (χ0n) is 14.6. The third-order valence-electron chi connectivity index (χ3n) is 3.77. The number of esters is 1. The number of halogens is 2. The minimum absolute atomic E-state index is 0.207. The van der Waals surface area contributed by atoms with E-state index in [9.17, 15) is 4.79 Å². The molecule has 0 bridgehead atoms. The number of aryl methyl sites for hydroxylation is 1. The molecule has 2 aromatic carbocycles. The van der Waals surface area contributed by atoms with E-state index in [4.69, 9.17) is 37.1 Å². The van der Waals surface area contributed by atoms with Crippen LogP contribution in [0.15, 0.2) is 40.8 Å². The molecule has 0 spiro atoms. The van der Waals surface area contributed by atoms with Crippen molar-refractivity contribution in [2.75, 3.05) is 0 Å². The van der Waals surface area contributed by atoms with Crippen LogP contribution < -0.4 is 4.74 Å². The van der Waals surface area contributed by atoms with Crippen LogP contribution in [0.2, 0.25) is 10.0 Å². The summed E-state index contributed by atoms with van der Waals surface area (Å²) in [6, 6.07) is 10.7. The number of furan rings is 1. The third kappa shape index (κ3) is 3.97. The van der Waals surface area contributed by atoms with Gasteiger partial charge in [0.2, 0.25) is 0 Å². The molecular weight excluding hydrogens is 375 g/mol. The minimum Gasteiger partial charge on any atom is -0.489 e. The Balaban J connectivity index is 1.85. The predicted octanol–water partition coefficient (Wildman–Crippen LogP) is 6.19. The van der Waals surface area contributed by atoms with Gasteiger partial charge in [0.1, 0.15) is 29.3 Å². The fraction of sp³-hybridized carbons (Fsp3) is 0.250. The second-order valence-corrected chi connectivity index (χ2v) is 7.00. The van der Waals surface area contributed by atoms with E-state index >= 15 is 0 Å². The summed E-state index contributed by atoms with van der Waals surface area (Å²) >= 11 is 11.9. The lowest BCUT2D eigenvalue weighted by Gasteiger charge is -2.09. The predicted molar refractivity (Wildman–Crippen MR) is 102 cm³/mol. The van der Waals surface area contributed by atoms with E-state index < -0.39 is 5.97 Å². The molecule has 3 rings (SSSR count). The van der Waals surface area contributed by atoms with Gasteiger partial charge in [-0.15, -0.1) is 0 Å². The van der Waals surface area contributed by atoms with Crippen molar-refractivity contribution >= 4 is 40.1 Å². The molecule has 0 atom stereocenters. The summed E-state index contributed by atoms with van der Waals surface area (Å²) in [6.07, 6.45) is -0.207. The summed E-state index contributed by atoms with van der Waals surface area (Å²) in [5.41, 5.74) is 1.93. The summed E-state index contributed by atoms with van der Waals surface area (Å²) in [5, 5.41) is 1.64. The van der Waals surface area contributed by atoms with Crippen molar-refractivity contribution in [3.63, 3.8) is 0 Å². The maximum atomic E-state index is 12.4. The maximum absolute atomic E-state index is 12.4. The summed E-state index contributed by atoms with van der Waals surface area (Å²) in [6.45, 7) is 5.68. The highest BCUT2D eigenvalue weighted by Crippen LogP contribution is 2.30. The Hall–Kier alpha value is -2.17. The van der Waals surface area contributed by atoms with Crippen molar-refractivity contribution in [1.82, 2.24) is 0 Å². The number of benzene rings is 2. The molecule has 4 nitrogen and oxygen atoms in total. The third-order valence-corrected chi connectivity index (χ3v) is 4.51. The average Bonchev–Trinajstić information content (AvgIpc) is 2.90. The van der Waals surface area contributed by atoms with Crippen LogP contribution in [0, 0.1) is 6.92 Å². The first-order valence-corrected chi connectivity index (χ1v) is 8.91. The van der Waals surface area contributed by atoms with Crippen molar-refractivity contribution in [3.8, 4) is 5.75 Å². The highest BCUT2D eigenvalue weighted by molar-refractivity contribution is 6.42. The van der Waals surface area contributed by atoms with E-state index in [0.29, 0.717) is 44.7 Å². The molecular formula is C20H18Cl2O4. The molecule has 0 aliphatic rings. The highest BCUT2D eigenvalue weighted by atomic mass is 35.5. The van der Waals surface area contributed by atoms with E-state index in [1.165, 1.54) is 0 Å². The molecule has 0 unspecified atom stereocenters. The van der Waals surface area contributed by atoms with Gasteiger partial charge < -0.3 is 13.9 Å². The van der Waals surface area contributed by atoms with Crippen LogP contribution in [0.25, 0.3) is 11.0 Å². The number of ether oxygens (including phenoxy) is 2. The van der Waals surface area contributed by atoms with Crippen LogP contribution in [0.3, 0.4) is 0 Å². The van der Waals surface area contributed by atoms with Gasteiger partial charge in [-0.25, -0.2) is 4.79 Å².